The number of amides is 2. The van der Waals surface area contributed by atoms with Crippen molar-refractivity contribution in [2.75, 3.05) is 38.7 Å². The summed E-state index contributed by atoms with van der Waals surface area (Å²) in [5.41, 5.74) is 7.45. The van der Waals surface area contributed by atoms with Crippen molar-refractivity contribution in [3.8, 4) is 11.4 Å². The molecule has 3 N–H and O–H groups in total. The number of imidazole rings is 1. The van der Waals surface area contributed by atoms with Gasteiger partial charge < -0.3 is 20.5 Å². The van der Waals surface area contributed by atoms with Gasteiger partial charge in [0.2, 0.25) is 15.0 Å². The van der Waals surface area contributed by atoms with E-state index < -0.39 is 21.8 Å². The molecule has 0 saturated carbocycles. The Hall–Kier alpha value is -3.91. The van der Waals surface area contributed by atoms with Gasteiger partial charge in [0, 0.05) is 30.9 Å². The summed E-state index contributed by atoms with van der Waals surface area (Å²) in [6, 6.07) is 16.4. The number of benzene rings is 2. The highest BCUT2D eigenvalue weighted by atomic mass is 32.2. The number of aromatic nitrogens is 2. The first kappa shape index (κ1) is 26.7. The van der Waals surface area contributed by atoms with Crippen LogP contribution in [0.3, 0.4) is 0 Å². The third kappa shape index (κ3) is 5.08. The van der Waals surface area contributed by atoms with E-state index in [0.717, 1.165) is 0 Å². The van der Waals surface area contributed by atoms with Gasteiger partial charge in [0.05, 0.1) is 30.8 Å². The number of methoxy groups -OCH3 is 1. The molecule has 2 amide bonds. The number of thiol groups is 1. The minimum atomic E-state index is -3.67. The average molecular weight is 569 g/mol. The molecule has 5 rings (SSSR count). The minimum Gasteiger partial charge on any atom is -0.497 e. The van der Waals surface area contributed by atoms with Crippen molar-refractivity contribution >= 4 is 45.8 Å². The van der Waals surface area contributed by atoms with Crippen molar-refractivity contribution in [1.29, 1.82) is 0 Å². The zero-order chi connectivity index (χ0) is 27.7. The van der Waals surface area contributed by atoms with Gasteiger partial charge in [0.1, 0.15) is 17.6 Å². The van der Waals surface area contributed by atoms with Gasteiger partial charge in [0.15, 0.2) is 0 Å². The zero-order valence-electron chi connectivity index (χ0n) is 20.9. The van der Waals surface area contributed by atoms with E-state index in [1.54, 1.807) is 35.9 Å². The first-order valence-electron chi connectivity index (χ1n) is 11.9. The molecule has 3 heterocycles. The molecule has 202 valence electrons. The fraction of sp³-hybridized carbons (Fsp3) is 0.192. The van der Waals surface area contributed by atoms with Gasteiger partial charge in [-0.25, -0.2) is 8.42 Å². The maximum absolute atomic E-state index is 13.6. The molecule has 2 aromatic heterocycles. The second kappa shape index (κ2) is 10.7. The number of primary amides is 1. The second-order valence-corrected chi connectivity index (χ2v) is 11.1. The predicted molar refractivity (Wildman–Crippen MR) is 145 cm³/mol. The molecule has 0 atom stereocenters. The highest BCUT2D eigenvalue weighted by Gasteiger charge is 2.31. The molecule has 0 bridgehead atoms. The first-order valence-corrected chi connectivity index (χ1v) is 13.8. The van der Waals surface area contributed by atoms with Crippen molar-refractivity contribution in [3.05, 3.63) is 78.1 Å². The van der Waals surface area contributed by atoms with Crippen LogP contribution in [0.2, 0.25) is 0 Å². The SMILES string of the molecule is COc1cccc(-n2c(S)c(C(=O)Nc3ccc(S(=O)(=O)N4CCOCC4)cc3)[n+]3cc(C(N)=O)ccc23)c1. The summed E-state index contributed by atoms with van der Waals surface area (Å²) in [7, 11) is -2.12. The van der Waals surface area contributed by atoms with E-state index >= 15 is 0 Å². The number of sulfonamides is 1. The Morgan fingerprint density at radius 1 is 1.08 bits per heavy atom. The number of rotatable bonds is 7. The summed E-state index contributed by atoms with van der Waals surface area (Å²) >= 11 is 4.68. The summed E-state index contributed by atoms with van der Waals surface area (Å²) in [5.74, 6) is -0.566. The number of carbonyl (C=O) groups excluding carboxylic acids is 2. The maximum atomic E-state index is 13.6. The summed E-state index contributed by atoms with van der Waals surface area (Å²) < 4.78 is 41.1. The average Bonchev–Trinajstić information content (AvgIpc) is 3.24. The van der Waals surface area contributed by atoms with Crippen LogP contribution in [-0.2, 0) is 14.8 Å². The molecule has 0 unspecified atom stereocenters. The van der Waals surface area contributed by atoms with Crippen LogP contribution in [0, 0.1) is 0 Å². The van der Waals surface area contributed by atoms with E-state index in [0.29, 0.717) is 41.0 Å². The zero-order valence-corrected chi connectivity index (χ0v) is 22.6. The van der Waals surface area contributed by atoms with Crippen LogP contribution in [0.15, 0.2) is 76.8 Å². The van der Waals surface area contributed by atoms with Gasteiger partial charge >= 0.3 is 5.91 Å². The Morgan fingerprint density at radius 3 is 2.46 bits per heavy atom. The molecule has 1 aliphatic rings. The van der Waals surface area contributed by atoms with Crippen LogP contribution < -0.4 is 20.2 Å². The summed E-state index contributed by atoms with van der Waals surface area (Å²) in [5, 5.41) is 3.09. The minimum absolute atomic E-state index is 0.118. The van der Waals surface area contributed by atoms with Gasteiger partial charge in [-0.15, -0.1) is 0 Å². The normalized spacial score (nSPS) is 14.3. The van der Waals surface area contributed by atoms with Crippen molar-refractivity contribution in [2.45, 2.75) is 9.92 Å². The Morgan fingerprint density at radius 2 is 1.79 bits per heavy atom. The van der Waals surface area contributed by atoms with Gasteiger partial charge in [0.25, 0.3) is 17.2 Å². The molecule has 1 saturated heterocycles. The maximum Gasteiger partial charge on any atom is 0.301 e. The standard InChI is InChI=1S/C26H25N5O6S2/c1-36-20-4-2-3-19(15-20)31-22-10-5-17(24(27)32)16-30(22)23(26(31)38)25(33)28-18-6-8-21(9-7-18)39(34,35)29-11-13-37-14-12-29/h2-10,15-16H,11-14H2,1H3,(H3-,27,28,32,33,38)/p+1. The number of morpholine rings is 1. The van der Waals surface area contributed by atoms with Gasteiger partial charge in [-0.2, -0.15) is 13.3 Å². The summed E-state index contributed by atoms with van der Waals surface area (Å²) in [6.45, 7) is 1.26. The van der Waals surface area contributed by atoms with E-state index in [9.17, 15) is 18.0 Å². The lowest BCUT2D eigenvalue weighted by Gasteiger charge is -2.26. The number of hydrogen-bond donors (Lipinski definition) is 3. The van der Waals surface area contributed by atoms with Gasteiger partial charge in [-0.3, -0.25) is 9.59 Å². The molecule has 1 aliphatic heterocycles. The van der Waals surface area contributed by atoms with Crippen LogP contribution in [0.5, 0.6) is 5.75 Å². The molecule has 1 fully saturated rings. The number of ether oxygens (including phenoxy) is 2. The van der Waals surface area contributed by atoms with Crippen LogP contribution in [0.25, 0.3) is 11.3 Å². The van der Waals surface area contributed by atoms with E-state index in [4.69, 9.17) is 15.2 Å². The lowest BCUT2D eigenvalue weighted by molar-refractivity contribution is -0.514. The Bertz CT molecular complexity index is 1680. The number of fused-ring (bicyclic) bond motifs is 1. The Labute approximate surface area is 230 Å². The van der Waals surface area contributed by atoms with Crippen LogP contribution >= 0.6 is 12.6 Å². The third-order valence-corrected chi connectivity index (χ3v) is 8.68. The van der Waals surface area contributed by atoms with Gasteiger partial charge in [-0.05, 0) is 42.5 Å². The number of nitrogens with two attached hydrogens (primary N) is 1. The number of hydrogen-bond acceptors (Lipinski definition) is 7. The molecule has 0 aliphatic carbocycles. The molecule has 2 aromatic carbocycles. The predicted octanol–water partition coefficient (Wildman–Crippen LogP) is 1.89. The summed E-state index contributed by atoms with van der Waals surface area (Å²) in [6.07, 6.45) is 1.47. The van der Waals surface area contributed by atoms with Crippen LogP contribution in [-0.4, -0.2) is 62.5 Å². The fourth-order valence-corrected chi connectivity index (χ4v) is 6.21. The monoisotopic (exact) mass is 568 g/mol. The Balaban J connectivity index is 1.51. The highest BCUT2D eigenvalue weighted by Crippen LogP contribution is 2.26. The largest absolute Gasteiger partial charge is 0.497 e. The van der Waals surface area contributed by atoms with Crippen molar-refractivity contribution in [3.63, 3.8) is 0 Å². The number of pyridine rings is 1. The number of nitrogens with zero attached hydrogens (tertiary/aromatic N) is 3. The fourth-order valence-electron chi connectivity index (χ4n) is 4.37. The lowest BCUT2D eigenvalue weighted by atomic mass is 10.2. The lowest BCUT2D eigenvalue weighted by Crippen LogP contribution is -2.40. The smallest absolute Gasteiger partial charge is 0.301 e. The topological polar surface area (TPSA) is 137 Å². The molecular formula is C26H26N5O6S2+. The van der Waals surface area contributed by atoms with Crippen molar-refractivity contribution in [2.24, 2.45) is 5.73 Å². The van der Waals surface area contributed by atoms with E-state index in [1.165, 1.54) is 39.2 Å². The summed E-state index contributed by atoms with van der Waals surface area (Å²) in [4.78, 5) is 25.6. The molecule has 0 spiro atoms. The van der Waals surface area contributed by atoms with Gasteiger partial charge in [-0.1, -0.05) is 18.7 Å². The molecule has 13 heteroatoms. The second-order valence-electron chi connectivity index (χ2n) is 8.71. The highest BCUT2D eigenvalue weighted by molar-refractivity contribution is 7.89. The molecule has 39 heavy (non-hydrogen) atoms. The first-order chi connectivity index (χ1) is 18.7. The molecule has 4 aromatic rings. The molecule has 11 nitrogen and oxygen atoms in total. The third-order valence-electron chi connectivity index (χ3n) is 6.35. The quantitative estimate of drug-likeness (QED) is 0.230. The van der Waals surface area contributed by atoms with Crippen molar-refractivity contribution < 1.29 is 31.9 Å². The van der Waals surface area contributed by atoms with Crippen LogP contribution in [0.4, 0.5) is 5.69 Å². The Kier molecular flexibility index (Phi) is 7.32. The van der Waals surface area contributed by atoms with Crippen LogP contribution in [0.1, 0.15) is 20.8 Å². The number of nitrogens with one attached hydrogen (secondary N) is 1. The van der Waals surface area contributed by atoms with Crippen molar-refractivity contribution in [1.82, 2.24) is 8.87 Å². The number of anilines is 1. The molecular weight excluding hydrogens is 542 g/mol. The van der Waals surface area contributed by atoms with E-state index in [2.05, 4.69) is 17.9 Å². The van der Waals surface area contributed by atoms with E-state index in [1.807, 2.05) is 12.1 Å². The molecule has 0 radical (unpaired) electrons. The van der Waals surface area contributed by atoms with E-state index in [-0.39, 0.29) is 29.2 Å². The number of carbonyl (C=O) groups is 2.